The van der Waals surface area contributed by atoms with Crippen LogP contribution in [-0.2, 0) is 6.61 Å². The molecule has 3 aromatic carbocycles. The van der Waals surface area contributed by atoms with Crippen molar-refractivity contribution in [2.24, 2.45) is 0 Å². The first-order valence-electron chi connectivity index (χ1n) is 12.1. The lowest BCUT2D eigenvalue weighted by molar-refractivity contribution is 0.0742. The molecule has 1 saturated heterocycles. The fourth-order valence-corrected chi connectivity index (χ4v) is 5.50. The lowest BCUT2D eigenvalue weighted by Gasteiger charge is -2.26. The topological polar surface area (TPSA) is 59.4 Å². The van der Waals surface area contributed by atoms with Crippen LogP contribution in [0.5, 0.6) is 5.75 Å². The van der Waals surface area contributed by atoms with Crippen molar-refractivity contribution in [1.29, 1.82) is 0 Å². The number of nitrogens with zero attached hydrogens (tertiary/aromatic N) is 3. The minimum Gasteiger partial charge on any atom is -0.488 e. The second-order valence-electron chi connectivity index (χ2n) is 9.18. The van der Waals surface area contributed by atoms with Crippen LogP contribution >= 0.6 is 47.2 Å². The Bertz CT molecular complexity index is 1500. The number of hydrogen-bond donors (Lipinski definition) is 1. The van der Waals surface area contributed by atoms with E-state index in [4.69, 9.17) is 44.6 Å². The van der Waals surface area contributed by atoms with E-state index in [2.05, 4.69) is 5.43 Å². The highest BCUT2D eigenvalue weighted by Crippen LogP contribution is 2.43. The van der Waals surface area contributed by atoms with Gasteiger partial charge in [-0.1, -0.05) is 59.4 Å². The minimum absolute atomic E-state index is 0. The number of rotatable bonds is 4. The number of ether oxygens (including phenoxy) is 1. The molecular formula is C28H24Cl4N4O2. The van der Waals surface area contributed by atoms with Crippen LogP contribution in [0.2, 0.25) is 15.1 Å². The second kappa shape index (κ2) is 11.2. The molecule has 0 radical (unpaired) electrons. The average Bonchev–Trinajstić information content (AvgIpc) is 3.29. The predicted octanol–water partition coefficient (Wildman–Crippen LogP) is 7.61. The normalized spacial score (nSPS) is 14.6. The van der Waals surface area contributed by atoms with Gasteiger partial charge in [-0.15, -0.1) is 12.4 Å². The average molecular weight is 590 g/mol. The highest BCUT2D eigenvalue weighted by Gasteiger charge is 2.31. The Balaban J connectivity index is 0.00000294. The van der Waals surface area contributed by atoms with Crippen LogP contribution in [0, 0.1) is 0 Å². The van der Waals surface area contributed by atoms with E-state index in [9.17, 15) is 4.79 Å². The van der Waals surface area contributed by atoms with Crippen molar-refractivity contribution in [3.05, 3.63) is 87.0 Å². The maximum Gasteiger partial charge on any atom is 0.286 e. The molecule has 10 heteroatoms. The monoisotopic (exact) mass is 588 g/mol. The van der Waals surface area contributed by atoms with E-state index in [0.29, 0.717) is 37.8 Å². The van der Waals surface area contributed by atoms with Gasteiger partial charge in [0.2, 0.25) is 0 Å². The van der Waals surface area contributed by atoms with Crippen LogP contribution < -0.4 is 10.2 Å². The smallest absolute Gasteiger partial charge is 0.286 e. The summed E-state index contributed by atoms with van der Waals surface area (Å²) < 4.78 is 7.91. The molecule has 6 rings (SSSR count). The molecule has 0 bridgehead atoms. The summed E-state index contributed by atoms with van der Waals surface area (Å²) in [5.41, 5.74) is 8.32. The SMILES string of the molecule is Cl.O=C(NN1CCCCC1)c1nn(-c2ccc(Cl)cc2Cl)c2c1COc1cc(-c3ccc(Cl)cc3)ccc1-2. The zero-order chi connectivity index (χ0) is 25.5. The number of carbonyl (C=O) groups excluding carboxylic acids is 1. The summed E-state index contributed by atoms with van der Waals surface area (Å²) in [6.45, 7) is 1.86. The predicted molar refractivity (Wildman–Crippen MR) is 154 cm³/mol. The molecule has 0 saturated carbocycles. The van der Waals surface area contributed by atoms with Gasteiger partial charge >= 0.3 is 0 Å². The van der Waals surface area contributed by atoms with Gasteiger partial charge < -0.3 is 4.74 Å². The zero-order valence-corrected chi connectivity index (χ0v) is 23.3. The molecule has 0 aliphatic carbocycles. The largest absolute Gasteiger partial charge is 0.488 e. The number of carbonyl (C=O) groups is 1. The molecule has 1 aromatic heterocycles. The Labute approximate surface area is 241 Å². The minimum atomic E-state index is -0.258. The Morgan fingerprint density at radius 3 is 2.32 bits per heavy atom. The summed E-state index contributed by atoms with van der Waals surface area (Å²) in [5.74, 6) is 0.445. The fraction of sp³-hybridized carbons (Fsp3) is 0.214. The molecular weight excluding hydrogens is 566 g/mol. The van der Waals surface area contributed by atoms with Crippen LogP contribution in [0.25, 0.3) is 28.1 Å². The molecule has 2 aliphatic rings. The Kier molecular flexibility index (Phi) is 7.89. The molecule has 2 aliphatic heterocycles. The van der Waals surface area contributed by atoms with Crippen molar-refractivity contribution in [3.8, 4) is 33.8 Å². The van der Waals surface area contributed by atoms with Gasteiger partial charge in [-0.05, 0) is 66.4 Å². The Morgan fingerprint density at radius 2 is 1.58 bits per heavy atom. The number of halogens is 4. The molecule has 0 unspecified atom stereocenters. The third kappa shape index (κ3) is 5.12. The van der Waals surface area contributed by atoms with Crippen molar-refractivity contribution < 1.29 is 9.53 Å². The third-order valence-corrected chi connectivity index (χ3v) is 7.53. The van der Waals surface area contributed by atoms with Gasteiger partial charge in [-0.25, -0.2) is 9.69 Å². The Hall–Kier alpha value is -2.74. The standard InChI is InChI=1S/C28H23Cl3N4O2.ClH/c29-19-7-4-17(5-8-19)18-6-10-21-25(14-18)37-16-22-26(28(36)33-34-12-2-1-3-13-34)32-35(27(21)22)24-11-9-20(30)15-23(24)31;/h4-11,14-15H,1-3,12-13,16H2,(H,33,36);1H. The van der Waals surface area contributed by atoms with Crippen LogP contribution in [-0.4, -0.2) is 33.8 Å². The molecule has 0 spiro atoms. The summed E-state index contributed by atoms with van der Waals surface area (Å²) in [7, 11) is 0. The number of amides is 1. The van der Waals surface area contributed by atoms with E-state index >= 15 is 0 Å². The lowest BCUT2D eigenvalue weighted by atomic mass is 9.97. The number of hydrazine groups is 1. The molecule has 196 valence electrons. The van der Waals surface area contributed by atoms with Crippen molar-refractivity contribution in [1.82, 2.24) is 20.2 Å². The molecule has 1 fully saturated rings. The van der Waals surface area contributed by atoms with Gasteiger partial charge in [0.25, 0.3) is 5.91 Å². The second-order valence-corrected chi connectivity index (χ2v) is 10.5. The van der Waals surface area contributed by atoms with Crippen molar-refractivity contribution in [2.45, 2.75) is 25.9 Å². The van der Waals surface area contributed by atoms with Crippen LogP contribution in [0.15, 0.2) is 60.7 Å². The van der Waals surface area contributed by atoms with Gasteiger partial charge in [0, 0.05) is 34.3 Å². The molecule has 38 heavy (non-hydrogen) atoms. The van der Waals surface area contributed by atoms with E-state index in [-0.39, 0.29) is 24.9 Å². The number of hydrogen-bond acceptors (Lipinski definition) is 4. The van der Waals surface area contributed by atoms with Gasteiger partial charge in [0.15, 0.2) is 5.69 Å². The van der Waals surface area contributed by atoms with E-state index in [0.717, 1.165) is 48.3 Å². The molecule has 1 amide bonds. The van der Waals surface area contributed by atoms with E-state index in [1.165, 1.54) is 6.42 Å². The van der Waals surface area contributed by atoms with Crippen LogP contribution in [0.4, 0.5) is 0 Å². The lowest BCUT2D eigenvalue weighted by Crippen LogP contribution is -2.45. The molecule has 0 atom stereocenters. The number of benzene rings is 3. The highest BCUT2D eigenvalue weighted by atomic mass is 35.5. The van der Waals surface area contributed by atoms with Gasteiger partial charge in [-0.2, -0.15) is 5.10 Å². The van der Waals surface area contributed by atoms with Gasteiger partial charge in [0.05, 0.1) is 16.4 Å². The van der Waals surface area contributed by atoms with E-state index in [1.807, 2.05) is 53.5 Å². The maximum atomic E-state index is 13.4. The van der Waals surface area contributed by atoms with Crippen molar-refractivity contribution >= 4 is 53.1 Å². The maximum absolute atomic E-state index is 13.4. The quantitative estimate of drug-likeness (QED) is 0.266. The van der Waals surface area contributed by atoms with Crippen LogP contribution in [0.1, 0.15) is 35.3 Å². The van der Waals surface area contributed by atoms with E-state index in [1.54, 1.807) is 16.8 Å². The molecule has 3 heterocycles. The van der Waals surface area contributed by atoms with E-state index < -0.39 is 0 Å². The number of nitrogens with one attached hydrogen (secondary N) is 1. The Morgan fingerprint density at radius 1 is 0.868 bits per heavy atom. The summed E-state index contributed by atoms with van der Waals surface area (Å²) in [6, 6.07) is 18.9. The molecule has 1 N–H and O–H groups in total. The summed E-state index contributed by atoms with van der Waals surface area (Å²) >= 11 is 18.8. The molecule has 4 aromatic rings. The van der Waals surface area contributed by atoms with Gasteiger partial charge in [0.1, 0.15) is 12.4 Å². The van der Waals surface area contributed by atoms with Crippen molar-refractivity contribution in [3.63, 3.8) is 0 Å². The summed E-state index contributed by atoms with van der Waals surface area (Å²) in [5, 5.41) is 8.36. The van der Waals surface area contributed by atoms with Crippen LogP contribution in [0.3, 0.4) is 0 Å². The van der Waals surface area contributed by atoms with Gasteiger partial charge in [-0.3, -0.25) is 10.2 Å². The summed E-state index contributed by atoms with van der Waals surface area (Å²) in [6.07, 6.45) is 3.29. The first kappa shape index (κ1) is 26.9. The number of aromatic nitrogens is 2. The summed E-state index contributed by atoms with van der Waals surface area (Å²) in [4.78, 5) is 13.4. The number of fused-ring (bicyclic) bond motifs is 3. The van der Waals surface area contributed by atoms with Crippen molar-refractivity contribution in [2.75, 3.05) is 13.1 Å². The highest BCUT2D eigenvalue weighted by molar-refractivity contribution is 6.35. The fourth-order valence-electron chi connectivity index (χ4n) is 4.89. The molecule has 6 nitrogen and oxygen atoms in total. The number of piperidine rings is 1. The zero-order valence-electron chi connectivity index (χ0n) is 20.2. The first-order chi connectivity index (χ1) is 18.0. The first-order valence-corrected chi connectivity index (χ1v) is 13.3. The third-order valence-electron chi connectivity index (χ3n) is 6.74.